The number of aliphatic hydroxyl groups excluding tert-OH is 1. The molecule has 0 fully saturated rings. The summed E-state index contributed by atoms with van der Waals surface area (Å²) in [7, 11) is 0. The maximum atomic E-state index is 8.90. The highest BCUT2D eigenvalue weighted by atomic mass is 79.9. The van der Waals surface area contributed by atoms with Gasteiger partial charge in [-0.2, -0.15) is 5.26 Å². The molecule has 0 heterocycles. The number of hydrogen-bond acceptors (Lipinski definition) is 3. The van der Waals surface area contributed by atoms with Gasteiger partial charge in [0.25, 0.3) is 0 Å². The van der Waals surface area contributed by atoms with Gasteiger partial charge in [0.2, 0.25) is 0 Å². The Labute approximate surface area is 101 Å². The van der Waals surface area contributed by atoms with Gasteiger partial charge < -0.3 is 9.84 Å². The highest BCUT2D eigenvalue weighted by Gasteiger charge is 2.14. The number of halogens is 2. The van der Waals surface area contributed by atoms with Crippen LogP contribution in [-0.2, 0) is 4.74 Å². The lowest BCUT2D eigenvalue weighted by atomic mass is 10.1. The van der Waals surface area contributed by atoms with Gasteiger partial charge in [0.05, 0.1) is 19.3 Å². The van der Waals surface area contributed by atoms with Crippen LogP contribution in [0.15, 0.2) is 22.7 Å². The van der Waals surface area contributed by atoms with E-state index >= 15 is 0 Å². The number of nitrogens with zero attached hydrogens (tertiary/aromatic N) is 1. The van der Waals surface area contributed by atoms with E-state index in [1.807, 2.05) is 6.07 Å². The quantitative estimate of drug-likeness (QED) is 0.927. The van der Waals surface area contributed by atoms with Crippen molar-refractivity contribution in [2.24, 2.45) is 0 Å². The van der Waals surface area contributed by atoms with Crippen molar-refractivity contribution in [2.45, 2.75) is 6.10 Å². The first-order valence-electron chi connectivity index (χ1n) is 4.26. The third-order valence-corrected chi connectivity index (χ3v) is 2.69. The molecule has 0 aromatic heterocycles. The molecule has 5 heteroatoms. The van der Waals surface area contributed by atoms with Crippen molar-refractivity contribution in [3.8, 4) is 6.07 Å². The van der Waals surface area contributed by atoms with Crippen molar-refractivity contribution in [1.29, 1.82) is 5.26 Å². The predicted octanol–water partition coefficient (Wildman–Crippen LogP) is 2.68. The predicted molar refractivity (Wildman–Crippen MR) is 60.5 cm³/mol. The highest BCUT2D eigenvalue weighted by Crippen LogP contribution is 2.28. The van der Waals surface area contributed by atoms with Crippen LogP contribution in [0.25, 0.3) is 0 Å². The van der Waals surface area contributed by atoms with Crippen LogP contribution in [-0.4, -0.2) is 18.3 Å². The maximum Gasteiger partial charge on any atom is 0.170 e. The maximum absolute atomic E-state index is 8.90. The van der Waals surface area contributed by atoms with Crippen LogP contribution in [0.4, 0.5) is 0 Å². The zero-order chi connectivity index (χ0) is 11.3. The van der Waals surface area contributed by atoms with Crippen molar-refractivity contribution >= 4 is 27.5 Å². The average molecular weight is 291 g/mol. The van der Waals surface area contributed by atoms with Gasteiger partial charge >= 0.3 is 0 Å². The Morgan fingerprint density at radius 2 is 2.33 bits per heavy atom. The minimum atomic E-state index is -0.717. The summed E-state index contributed by atoms with van der Waals surface area (Å²) < 4.78 is 5.92. The van der Waals surface area contributed by atoms with Gasteiger partial charge in [-0.05, 0) is 18.2 Å². The lowest BCUT2D eigenvalue weighted by molar-refractivity contribution is 0.0578. The molecule has 1 aromatic rings. The molecule has 0 saturated heterocycles. The van der Waals surface area contributed by atoms with Gasteiger partial charge in [-0.1, -0.05) is 27.5 Å². The molecular formula is C10H9BrClNO2. The molecule has 80 valence electrons. The van der Waals surface area contributed by atoms with Crippen LogP contribution < -0.4 is 0 Å². The smallest absolute Gasteiger partial charge is 0.170 e. The Kier molecular flexibility index (Phi) is 5.06. The molecule has 1 atom stereocenters. The number of hydrogen-bond donors (Lipinski definition) is 1. The third-order valence-electron chi connectivity index (χ3n) is 1.73. The van der Waals surface area contributed by atoms with Crippen molar-refractivity contribution < 1.29 is 9.84 Å². The molecule has 1 N–H and O–H groups in total. The van der Waals surface area contributed by atoms with Crippen molar-refractivity contribution in [1.82, 2.24) is 0 Å². The van der Waals surface area contributed by atoms with Crippen LogP contribution >= 0.6 is 27.5 Å². The van der Waals surface area contributed by atoms with E-state index in [9.17, 15) is 0 Å². The Morgan fingerprint density at radius 3 is 2.93 bits per heavy atom. The number of rotatable bonds is 4. The van der Waals surface area contributed by atoms with E-state index in [1.165, 1.54) is 0 Å². The minimum Gasteiger partial charge on any atom is -0.394 e. The summed E-state index contributed by atoms with van der Waals surface area (Å²) in [6, 6.07) is 7.13. The molecule has 0 aliphatic rings. The second kappa shape index (κ2) is 6.09. The summed E-state index contributed by atoms with van der Waals surface area (Å²) in [5.41, 5.74) is 0.665. The fourth-order valence-electron chi connectivity index (χ4n) is 1.08. The first-order valence-corrected chi connectivity index (χ1v) is 5.43. The summed E-state index contributed by atoms with van der Waals surface area (Å²) in [6.45, 7) is 0.00748. The molecule has 0 aliphatic carbocycles. The van der Waals surface area contributed by atoms with Gasteiger partial charge in [0, 0.05) is 15.1 Å². The fourth-order valence-corrected chi connectivity index (χ4v) is 1.72. The Hall–Kier alpha value is -0.600. The summed E-state index contributed by atoms with van der Waals surface area (Å²) in [6.07, 6.45) is -0.717. The summed E-state index contributed by atoms with van der Waals surface area (Å²) in [5.74, 6) is 0. The normalized spacial score (nSPS) is 12.1. The summed E-state index contributed by atoms with van der Waals surface area (Å²) in [4.78, 5) is 0. The van der Waals surface area contributed by atoms with Gasteiger partial charge in [-0.3, -0.25) is 0 Å². The lowest BCUT2D eigenvalue weighted by Crippen LogP contribution is -2.06. The van der Waals surface area contributed by atoms with E-state index < -0.39 is 6.10 Å². The standard InChI is InChI=1S/C10H9BrClNO2/c11-9-2-1-7(12)5-8(9)10(6-13)15-4-3-14/h1-2,5,10,14H,3-4H2. The largest absolute Gasteiger partial charge is 0.394 e. The monoisotopic (exact) mass is 289 g/mol. The summed E-state index contributed by atoms with van der Waals surface area (Å²) in [5, 5.41) is 18.1. The molecule has 15 heavy (non-hydrogen) atoms. The minimum absolute atomic E-state index is 0.115. The van der Waals surface area contributed by atoms with E-state index in [0.717, 1.165) is 4.47 Å². The zero-order valence-corrected chi connectivity index (χ0v) is 10.1. The molecular weight excluding hydrogens is 281 g/mol. The van der Waals surface area contributed by atoms with Gasteiger partial charge in [0.15, 0.2) is 6.10 Å². The fraction of sp³-hybridized carbons (Fsp3) is 0.300. The second-order valence-corrected chi connectivity index (χ2v) is 4.06. The van der Waals surface area contributed by atoms with E-state index in [2.05, 4.69) is 15.9 Å². The molecule has 0 saturated carbocycles. The zero-order valence-electron chi connectivity index (χ0n) is 7.78. The van der Waals surface area contributed by atoms with Gasteiger partial charge in [-0.25, -0.2) is 0 Å². The van der Waals surface area contributed by atoms with Crippen LogP contribution in [0.3, 0.4) is 0 Å². The van der Waals surface area contributed by atoms with Gasteiger partial charge in [-0.15, -0.1) is 0 Å². The Morgan fingerprint density at radius 1 is 1.60 bits per heavy atom. The van der Waals surface area contributed by atoms with E-state index in [1.54, 1.807) is 18.2 Å². The van der Waals surface area contributed by atoms with Crippen LogP contribution in [0.2, 0.25) is 5.02 Å². The first kappa shape index (κ1) is 12.5. The van der Waals surface area contributed by atoms with E-state index in [-0.39, 0.29) is 13.2 Å². The van der Waals surface area contributed by atoms with Crippen LogP contribution in [0, 0.1) is 11.3 Å². The second-order valence-electron chi connectivity index (χ2n) is 2.77. The highest BCUT2D eigenvalue weighted by molar-refractivity contribution is 9.10. The SMILES string of the molecule is N#CC(OCCO)c1cc(Cl)ccc1Br. The molecule has 0 spiro atoms. The van der Waals surface area contributed by atoms with Crippen molar-refractivity contribution in [2.75, 3.05) is 13.2 Å². The van der Waals surface area contributed by atoms with Crippen LogP contribution in [0.1, 0.15) is 11.7 Å². The Balaban J connectivity index is 2.91. The number of benzene rings is 1. The summed E-state index contributed by atoms with van der Waals surface area (Å²) >= 11 is 9.13. The van der Waals surface area contributed by atoms with Gasteiger partial charge in [0.1, 0.15) is 0 Å². The third kappa shape index (κ3) is 3.47. The number of aliphatic hydroxyl groups is 1. The molecule has 1 unspecified atom stereocenters. The average Bonchev–Trinajstić information content (AvgIpc) is 2.24. The molecule has 1 aromatic carbocycles. The molecule has 3 nitrogen and oxygen atoms in total. The molecule has 0 bridgehead atoms. The Bertz CT molecular complexity index is 378. The topological polar surface area (TPSA) is 53.2 Å². The number of nitriles is 1. The van der Waals surface area contributed by atoms with Crippen molar-refractivity contribution in [3.05, 3.63) is 33.3 Å². The van der Waals surface area contributed by atoms with E-state index in [4.69, 9.17) is 26.7 Å². The molecule has 0 radical (unpaired) electrons. The molecule has 0 aliphatic heterocycles. The van der Waals surface area contributed by atoms with Crippen LogP contribution in [0.5, 0.6) is 0 Å². The molecule has 0 amide bonds. The molecule has 1 rings (SSSR count). The number of ether oxygens (including phenoxy) is 1. The first-order chi connectivity index (χ1) is 7.19. The van der Waals surface area contributed by atoms with Crippen molar-refractivity contribution in [3.63, 3.8) is 0 Å². The lowest BCUT2D eigenvalue weighted by Gasteiger charge is -2.12. The van der Waals surface area contributed by atoms with E-state index in [0.29, 0.717) is 10.6 Å².